The molecule has 0 aliphatic carbocycles. The highest BCUT2D eigenvalue weighted by Gasteiger charge is 2.28. The van der Waals surface area contributed by atoms with Crippen LogP contribution in [0.2, 0.25) is 0 Å². The largest absolute Gasteiger partial charge is 0.339 e. The topological polar surface area (TPSA) is 116 Å². The maximum absolute atomic E-state index is 13.0. The van der Waals surface area contributed by atoms with Gasteiger partial charge in [-0.25, -0.2) is 12.8 Å². The van der Waals surface area contributed by atoms with Crippen LogP contribution >= 0.6 is 0 Å². The van der Waals surface area contributed by atoms with Gasteiger partial charge in [0.05, 0.1) is 11.4 Å². The van der Waals surface area contributed by atoms with Crippen LogP contribution < -0.4 is 10.9 Å². The second kappa shape index (κ2) is 10.7. The van der Waals surface area contributed by atoms with Crippen LogP contribution in [0.15, 0.2) is 53.4 Å². The number of hydrogen-bond donors (Lipinski definition) is 2. The Morgan fingerprint density at radius 1 is 1.00 bits per heavy atom. The molecule has 0 bridgehead atoms. The van der Waals surface area contributed by atoms with Crippen LogP contribution in [-0.4, -0.2) is 62.0 Å². The predicted molar refractivity (Wildman–Crippen MR) is 122 cm³/mol. The van der Waals surface area contributed by atoms with Crippen molar-refractivity contribution in [2.45, 2.75) is 24.7 Å². The quantitative estimate of drug-likeness (QED) is 0.595. The van der Waals surface area contributed by atoms with Crippen molar-refractivity contribution in [1.29, 1.82) is 0 Å². The van der Waals surface area contributed by atoms with E-state index in [0.717, 1.165) is 9.87 Å². The van der Waals surface area contributed by atoms with Crippen LogP contribution in [0.3, 0.4) is 0 Å². The SMILES string of the molecule is Cc1ccc(S(=O)(=O)N(C)CC(=O)NNC(=O)C2CCN(C(=O)c3ccc(F)cc3)CC2)cc1. The highest BCUT2D eigenvalue weighted by atomic mass is 32.2. The first-order chi connectivity index (χ1) is 16.1. The van der Waals surface area contributed by atoms with Gasteiger partial charge in [0.1, 0.15) is 5.82 Å². The third-order valence-corrected chi connectivity index (χ3v) is 7.48. The lowest BCUT2D eigenvalue weighted by molar-refractivity contribution is -0.132. The minimum atomic E-state index is -3.85. The first-order valence-electron chi connectivity index (χ1n) is 10.7. The molecule has 1 aliphatic heterocycles. The average molecular weight is 491 g/mol. The van der Waals surface area contributed by atoms with Gasteiger partial charge in [-0.05, 0) is 56.2 Å². The number of hydrogen-bond acceptors (Lipinski definition) is 5. The van der Waals surface area contributed by atoms with Crippen molar-refractivity contribution in [3.8, 4) is 0 Å². The van der Waals surface area contributed by atoms with Crippen LogP contribution in [0.4, 0.5) is 4.39 Å². The molecule has 11 heteroatoms. The van der Waals surface area contributed by atoms with Gasteiger partial charge in [0.2, 0.25) is 15.9 Å². The van der Waals surface area contributed by atoms with Crippen molar-refractivity contribution < 1.29 is 27.2 Å². The van der Waals surface area contributed by atoms with Crippen molar-refractivity contribution in [1.82, 2.24) is 20.1 Å². The van der Waals surface area contributed by atoms with Crippen molar-refractivity contribution in [2.24, 2.45) is 5.92 Å². The molecule has 0 atom stereocenters. The number of carbonyl (C=O) groups excluding carboxylic acids is 3. The van der Waals surface area contributed by atoms with E-state index in [2.05, 4.69) is 10.9 Å². The Hall–Kier alpha value is -3.31. The van der Waals surface area contributed by atoms with E-state index in [1.165, 1.54) is 43.4 Å². The minimum Gasteiger partial charge on any atom is -0.339 e. The van der Waals surface area contributed by atoms with Gasteiger partial charge in [0.25, 0.3) is 11.8 Å². The van der Waals surface area contributed by atoms with Gasteiger partial charge in [-0.2, -0.15) is 4.31 Å². The zero-order valence-corrected chi connectivity index (χ0v) is 19.8. The molecule has 3 amide bonds. The van der Waals surface area contributed by atoms with E-state index in [4.69, 9.17) is 0 Å². The van der Waals surface area contributed by atoms with Gasteiger partial charge in [0.15, 0.2) is 0 Å². The lowest BCUT2D eigenvalue weighted by atomic mass is 9.95. The number of amides is 3. The predicted octanol–water partition coefficient (Wildman–Crippen LogP) is 1.45. The van der Waals surface area contributed by atoms with E-state index in [1.54, 1.807) is 17.0 Å². The van der Waals surface area contributed by atoms with E-state index in [1.807, 2.05) is 6.92 Å². The van der Waals surface area contributed by atoms with Crippen LogP contribution in [-0.2, 0) is 19.6 Å². The van der Waals surface area contributed by atoms with Crippen LogP contribution in [0.25, 0.3) is 0 Å². The molecule has 2 aromatic carbocycles. The standard InChI is InChI=1S/C23H27FN4O5S/c1-16-3-9-20(10-4-16)34(32,33)27(2)15-21(29)25-26-22(30)17-11-13-28(14-12-17)23(31)18-5-7-19(24)8-6-18/h3-10,17H,11-15H2,1-2H3,(H,25,29)(H,26,30). The molecular weight excluding hydrogens is 463 g/mol. The highest BCUT2D eigenvalue weighted by molar-refractivity contribution is 7.89. The first kappa shape index (κ1) is 25.3. The molecule has 0 unspecified atom stereocenters. The Kier molecular flexibility index (Phi) is 8.00. The number of nitrogens with zero attached hydrogens (tertiary/aromatic N) is 2. The number of benzene rings is 2. The Bertz CT molecular complexity index is 1140. The lowest BCUT2D eigenvalue weighted by Gasteiger charge is -2.31. The molecular formula is C23H27FN4O5S. The molecule has 0 saturated carbocycles. The summed E-state index contributed by atoms with van der Waals surface area (Å²) in [5, 5.41) is 0. The first-order valence-corrected chi connectivity index (χ1v) is 12.2. The molecule has 0 spiro atoms. The zero-order valence-electron chi connectivity index (χ0n) is 19.0. The van der Waals surface area contributed by atoms with E-state index in [-0.39, 0.29) is 10.8 Å². The molecule has 3 rings (SSSR count). The fraction of sp³-hybridized carbons (Fsp3) is 0.348. The van der Waals surface area contributed by atoms with Gasteiger partial charge in [-0.15, -0.1) is 0 Å². The number of aryl methyl sites for hydroxylation is 1. The fourth-order valence-electron chi connectivity index (χ4n) is 3.57. The summed E-state index contributed by atoms with van der Waals surface area (Å²) in [6, 6.07) is 11.5. The van der Waals surface area contributed by atoms with Crippen molar-refractivity contribution >= 4 is 27.7 Å². The lowest BCUT2D eigenvalue weighted by Crippen LogP contribution is -2.50. The zero-order chi connectivity index (χ0) is 24.9. The number of sulfonamides is 1. The number of likely N-dealkylation sites (tertiary alicyclic amines) is 1. The Morgan fingerprint density at radius 3 is 2.18 bits per heavy atom. The number of hydrazine groups is 1. The van der Waals surface area contributed by atoms with E-state index < -0.39 is 40.1 Å². The maximum Gasteiger partial charge on any atom is 0.253 e. The third kappa shape index (κ3) is 6.17. The molecule has 1 saturated heterocycles. The number of nitrogens with one attached hydrogen (secondary N) is 2. The average Bonchev–Trinajstić information content (AvgIpc) is 2.83. The van der Waals surface area contributed by atoms with E-state index >= 15 is 0 Å². The Balaban J connectivity index is 1.44. The molecule has 0 aromatic heterocycles. The molecule has 2 aromatic rings. The van der Waals surface area contributed by atoms with Gasteiger partial charge in [0, 0.05) is 31.6 Å². The van der Waals surface area contributed by atoms with Crippen molar-refractivity contribution in [3.05, 3.63) is 65.5 Å². The fourth-order valence-corrected chi connectivity index (χ4v) is 4.70. The summed E-state index contributed by atoms with van der Waals surface area (Å²) in [6.07, 6.45) is 0.798. The van der Waals surface area contributed by atoms with Crippen LogP contribution in [0, 0.1) is 18.7 Å². The summed E-state index contributed by atoms with van der Waals surface area (Å²) < 4.78 is 39.1. The Morgan fingerprint density at radius 2 is 1.59 bits per heavy atom. The maximum atomic E-state index is 13.0. The van der Waals surface area contributed by atoms with E-state index in [0.29, 0.717) is 31.5 Å². The summed E-state index contributed by atoms with van der Waals surface area (Å²) in [4.78, 5) is 38.8. The molecule has 2 N–H and O–H groups in total. The van der Waals surface area contributed by atoms with Crippen LogP contribution in [0.1, 0.15) is 28.8 Å². The number of rotatable bonds is 6. The second-order valence-corrected chi connectivity index (χ2v) is 10.2. The molecule has 0 radical (unpaired) electrons. The summed E-state index contributed by atoms with van der Waals surface area (Å²) in [5.74, 6) is -2.16. The second-order valence-electron chi connectivity index (χ2n) is 8.18. The van der Waals surface area contributed by atoms with Gasteiger partial charge in [-0.3, -0.25) is 25.2 Å². The van der Waals surface area contributed by atoms with Gasteiger partial charge in [-0.1, -0.05) is 17.7 Å². The normalized spacial score (nSPS) is 14.6. The minimum absolute atomic E-state index is 0.0689. The molecule has 1 aliphatic rings. The molecule has 1 heterocycles. The number of halogens is 1. The molecule has 182 valence electrons. The smallest absolute Gasteiger partial charge is 0.253 e. The van der Waals surface area contributed by atoms with Gasteiger partial charge < -0.3 is 4.90 Å². The summed E-state index contributed by atoms with van der Waals surface area (Å²) >= 11 is 0. The molecule has 34 heavy (non-hydrogen) atoms. The third-order valence-electron chi connectivity index (χ3n) is 5.66. The van der Waals surface area contributed by atoms with Crippen LogP contribution in [0.5, 0.6) is 0 Å². The Labute approximate surface area is 197 Å². The number of carbonyl (C=O) groups is 3. The van der Waals surface area contributed by atoms with Crippen molar-refractivity contribution in [2.75, 3.05) is 26.7 Å². The number of likely N-dealkylation sites (N-methyl/N-ethyl adjacent to an activating group) is 1. The molecule has 9 nitrogen and oxygen atoms in total. The monoisotopic (exact) mass is 490 g/mol. The van der Waals surface area contributed by atoms with Crippen molar-refractivity contribution in [3.63, 3.8) is 0 Å². The summed E-state index contributed by atoms with van der Waals surface area (Å²) in [5.41, 5.74) is 5.87. The number of piperidine rings is 1. The molecule has 1 fully saturated rings. The summed E-state index contributed by atoms with van der Waals surface area (Å²) in [6.45, 7) is 2.06. The van der Waals surface area contributed by atoms with E-state index in [9.17, 15) is 27.2 Å². The highest BCUT2D eigenvalue weighted by Crippen LogP contribution is 2.19. The summed E-state index contributed by atoms with van der Waals surface area (Å²) in [7, 11) is -2.57. The van der Waals surface area contributed by atoms with Gasteiger partial charge >= 0.3 is 0 Å².